The summed E-state index contributed by atoms with van der Waals surface area (Å²) in [5.74, 6) is 0.318. The van der Waals surface area contributed by atoms with E-state index < -0.39 is 16.5 Å². The molecule has 0 bridgehead atoms. The van der Waals surface area contributed by atoms with E-state index in [1.54, 1.807) is 4.90 Å². The lowest BCUT2D eigenvalue weighted by atomic mass is 9.90. The first-order chi connectivity index (χ1) is 15.0. The first-order valence-corrected chi connectivity index (χ1v) is 10.3. The Labute approximate surface area is 181 Å². The summed E-state index contributed by atoms with van der Waals surface area (Å²) in [4.78, 5) is 26.1. The third-order valence-corrected chi connectivity index (χ3v) is 5.80. The Balaban J connectivity index is 1.75. The van der Waals surface area contributed by atoms with Crippen LogP contribution in [0.3, 0.4) is 0 Å². The SMILES string of the molecule is COc1cc(C(=O)N2CCC(CCc3ccccc3)CC2)c([N+](=O)[O-])c(OC)c1OC. The van der Waals surface area contributed by atoms with Crippen LogP contribution in [0.2, 0.25) is 0 Å². The fourth-order valence-electron chi connectivity index (χ4n) is 4.10. The first kappa shape index (κ1) is 22.4. The fourth-order valence-corrected chi connectivity index (χ4v) is 4.10. The zero-order chi connectivity index (χ0) is 22.4. The number of nitro groups is 1. The molecule has 8 heteroatoms. The summed E-state index contributed by atoms with van der Waals surface area (Å²) in [5, 5.41) is 11.8. The van der Waals surface area contributed by atoms with Crippen LogP contribution < -0.4 is 14.2 Å². The van der Waals surface area contributed by atoms with Crippen LogP contribution >= 0.6 is 0 Å². The molecule has 0 saturated carbocycles. The van der Waals surface area contributed by atoms with E-state index in [1.165, 1.54) is 33.0 Å². The normalized spacial score (nSPS) is 14.2. The number of benzene rings is 2. The highest BCUT2D eigenvalue weighted by atomic mass is 16.6. The van der Waals surface area contributed by atoms with Crippen molar-refractivity contribution in [2.45, 2.75) is 25.7 Å². The van der Waals surface area contributed by atoms with E-state index in [9.17, 15) is 14.9 Å². The molecule has 0 aromatic heterocycles. The number of nitrogens with zero attached hydrogens (tertiary/aromatic N) is 2. The Morgan fingerprint density at radius 3 is 2.26 bits per heavy atom. The third kappa shape index (κ3) is 4.90. The van der Waals surface area contributed by atoms with Crippen LogP contribution in [-0.4, -0.2) is 50.1 Å². The van der Waals surface area contributed by atoms with E-state index in [-0.39, 0.29) is 22.8 Å². The quantitative estimate of drug-likeness (QED) is 0.464. The Bertz CT molecular complexity index is 923. The van der Waals surface area contributed by atoms with Crippen molar-refractivity contribution < 1.29 is 23.9 Å². The predicted octanol–water partition coefficient (Wildman–Crippen LogP) is 4.11. The summed E-state index contributed by atoms with van der Waals surface area (Å²) in [7, 11) is 4.08. The summed E-state index contributed by atoms with van der Waals surface area (Å²) in [6.07, 6.45) is 3.82. The molecule has 2 aromatic rings. The second-order valence-electron chi connectivity index (χ2n) is 7.56. The molecule has 8 nitrogen and oxygen atoms in total. The molecule has 3 rings (SSSR count). The van der Waals surface area contributed by atoms with E-state index in [0.29, 0.717) is 19.0 Å². The molecule has 1 amide bonds. The molecule has 31 heavy (non-hydrogen) atoms. The van der Waals surface area contributed by atoms with E-state index >= 15 is 0 Å². The maximum Gasteiger partial charge on any atom is 0.327 e. The van der Waals surface area contributed by atoms with Crippen LogP contribution in [0.25, 0.3) is 0 Å². The molecule has 0 atom stereocenters. The summed E-state index contributed by atoms with van der Waals surface area (Å²) < 4.78 is 15.7. The van der Waals surface area contributed by atoms with Crippen molar-refractivity contribution in [1.82, 2.24) is 4.90 Å². The van der Waals surface area contributed by atoms with Crippen molar-refractivity contribution in [1.29, 1.82) is 0 Å². The van der Waals surface area contributed by atoms with Crippen molar-refractivity contribution in [3.8, 4) is 17.2 Å². The molecular weight excluding hydrogens is 400 g/mol. The number of piperidine rings is 1. The highest BCUT2D eigenvalue weighted by Crippen LogP contribution is 2.46. The molecule has 1 aliphatic heterocycles. The van der Waals surface area contributed by atoms with Crippen LogP contribution in [0, 0.1) is 16.0 Å². The lowest BCUT2D eigenvalue weighted by Crippen LogP contribution is -2.38. The van der Waals surface area contributed by atoms with Gasteiger partial charge in [0, 0.05) is 19.2 Å². The van der Waals surface area contributed by atoms with Crippen molar-refractivity contribution in [3.05, 3.63) is 57.6 Å². The molecule has 2 aromatic carbocycles. The monoisotopic (exact) mass is 428 g/mol. The molecule has 1 fully saturated rings. The van der Waals surface area contributed by atoms with Crippen LogP contribution in [-0.2, 0) is 6.42 Å². The molecule has 0 radical (unpaired) electrons. The minimum absolute atomic E-state index is 0.0535. The van der Waals surface area contributed by atoms with Crippen LogP contribution in [0.4, 0.5) is 5.69 Å². The molecule has 0 N–H and O–H groups in total. The number of amides is 1. The average molecular weight is 428 g/mol. The van der Waals surface area contributed by atoms with Gasteiger partial charge in [0.15, 0.2) is 5.75 Å². The second-order valence-corrected chi connectivity index (χ2v) is 7.56. The smallest absolute Gasteiger partial charge is 0.327 e. The Morgan fingerprint density at radius 1 is 1.06 bits per heavy atom. The van der Waals surface area contributed by atoms with Crippen molar-refractivity contribution >= 4 is 11.6 Å². The maximum absolute atomic E-state index is 13.2. The Kier molecular flexibility index (Phi) is 7.33. The van der Waals surface area contributed by atoms with Gasteiger partial charge in [-0.1, -0.05) is 30.3 Å². The molecule has 0 spiro atoms. The largest absolute Gasteiger partial charge is 0.493 e. The molecule has 166 valence electrons. The zero-order valence-corrected chi connectivity index (χ0v) is 18.1. The second kappa shape index (κ2) is 10.1. The number of hydrogen-bond acceptors (Lipinski definition) is 6. The van der Waals surface area contributed by atoms with Gasteiger partial charge in [0.1, 0.15) is 5.56 Å². The number of hydrogen-bond donors (Lipinski definition) is 0. The summed E-state index contributed by atoms with van der Waals surface area (Å²) >= 11 is 0. The fraction of sp³-hybridized carbons (Fsp3) is 0.435. The number of aryl methyl sites for hydroxylation is 1. The number of rotatable bonds is 8. The first-order valence-electron chi connectivity index (χ1n) is 10.3. The number of carbonyl (C=O) groups excluding carboxylic acids is 1. The van der Waals surface area contributed by atoms with Gasteiger partial charge < -0.3 is 19.1 Å². The summed E-state index contributed by atoms with van der Waals surface area (Å²) in [5.41, 5.74) is 0.854. The third-order valence-electron chi connectivity index (χ3n) is 5.80. The van der Waals surface area contributed by atoms with Crippen molar-refractivity contribution in [2.75, 3.05) is 34.4 Å². The lowest BCUT2D eigenvalue weighted by Gasteiger charge is -2.32. The van der Waals surface area contributed by atoms with Gasteiger partial charge in [0.05, 0.1) is 26.3 Å². The number of likely N-dealkylation sites (tertiary alicyclic amines) is 1. The van der Waals surface area contributed by atoms with Gasteiger partial charge in [0.25, 0.3) is 5.91 Å². The molecule has 1 aliphatic rings. The van der Waals surface area contributed by atoms with Gasteiger partial charge >= 0.3 is 5.69 Å². The lowest BCUT2D eigenvalue weighted by molar-refractivity contribution is -0.386. The standard InChI is InChI=1S/C23H28N2O6/c1-29-19-15-18(20(25(27)28)22(31-3)21(19)30-2)23(26)24-13-11-17(12-14-24)10-9-16-7-5-4-6-8-16/h4-8,15,17H,9-14H2,1-3H3. The van der Waals surface area contributed by atoms with Crippen LogP contribution in [0.5, 0.6) is 17.2 Å². The van der Waals surface area contributed by atoms with Gasteiger partial charge in [-0.2, -0.15) is 0 Å². The molecule has 0 aliphatic carbocycles. The zero-order valence-electron chi connectivity index (χ0n) is 18.1. The summed E-state index contributed by atoms with van der Waals surface area (Å²) in [6.45, 7) is 1.12. The minimum Gasteiger partial charge on any atom is -0.493 e. The number of nitro benzene ring substituents is 1. The highest BCUT2D eigenvalue weighted by molar-refractivity contribution is 6.00. The highest BCUT2D eigenvalue weighted by Gasteiger charge is 2.35. The van der Waals surface area contributed by atoms with Crippen molar-refractivity contribution in [2.24, 2.45) is 5.92 Å². The Morgan fingerprint density at radius 2 is 1.71 bits per heavy atom. The minimum atomic E-state index is -0.610. The van der Waals surface area contributed by atoms with Crippen LogP contribution in [0.15, 0.2) is 36.4 Å². The van der Waals surface area contributed by atoms with E-state index in [1.807, 2.05) is 18.2 Å². The number of ether oxygens (including phenoxy) is 3. The Hall–Kier alpha value is -3.29. The average Bonchev–Trinajstić information content (AvgIpc) is 2.81. The van der Waals surface area contributed by atoms with E-state index in [4.69, 9.17) is 14.2 Å². The van der Waals surface area contributed by atoms with Gasteiger partial charge in [-0.3, -0.25) is 14.9 Å². The summed E-state index contributed by atoms with van der Waals surface area (Å²) in [6, 6.07) is 11.7. The molecular formula is C23H28N2O6. The molecule has 1 saturated heterocycles. The van der Waals surface area contributed by atoms with Gasteiger partial charge in [-0.05, 0) is 37.2 Å². The van der Waals surface area contributed by atoms with Gasteiger partial charge in [0.2, 0.25) is 11.5 Å². The number of carbonyl (C=O) groups is 1. The van der Waals surface area contributed by atoms with Gasteiger partial charge in [-0.15, -0.1) is 0 Å². The van der Waals surface area contributed by atoms with Crippen LogP contribution in [0.1, 0.15) is 35.2 Å². The topological polar surface area (TPSA) is 91.1 Å². The predicted molar refractivity (Wildman–Crippen MR) is 116 cm³/mol. The van der Waals surface area contributed by atoms with Crippen molar-refractivity contribution in [3.63, 3.8) is 0 Å². The van der Waals surface area contributed by atoms with E-state index in [0.717, 1.165) is 25.7 Å². The molecule has 1 heterocycles. The maximum atomic E-state index is 13.2. The van der Waals surface area contributed by atoms with E-state index in [2.05, 4.69) is 12.1 Å². The van der Waals surface area contributed by atoms with Gasteiger partial charge in [-0.25, -0.2) is 0 Å². The number of methoxy groups -OCH3 is 3. The molecule has 0 unspecified atom stereocenters.